The minimum Gasteiger partial charge on any atom is -0.329 e. The van der Waals surface area contributed by atoms with Crippen molar-refractivity contribution in [3.05, 3.63) is 34.6 Å². The fourth-order valence-corrected chi connectivity index (χ4v) is 3.36. The molecule has 0 spiro atoms. The smallest absolute Gasteiger partial charge is 0.124 e. The van der Waals surface area contributed by atoms with Crippen molar-refractivity contribution in [2.45, 2.75) is 25.4 Å². The normalized spacial score (nSPS) is 23.6. The van der Waals surface area contributed by atoms with E-state index in [0.29, 0.717) is 17.6 Å². The number of likely N-dealkylation sites (N-methyl/N-ethyl adjacent to an activating group) is 1. The summed E-state index contributed by atoms with van der Waals surface area (Å²) in [5, 5.41) is 0.463. The Labute approximate surface area is 125 Å². The SMILES string of the molecule is CC1CN(C)CCCN1C(CN)c1ccc(F)cc1Cl. The Morgan fingerprint density at radius 1 is 1.45 bits per heavy atom. The van der Waals surface area contributed by atoms with Crippen LogP contribution >= 0.6 is 11.6 Å². The maximum Gasteiger partial charge on any atom is 0.124 e. The van der Waals surface area contributed by atoms with E-state index in [0.717, 1.165) is 31.6 Å². The topological polar surface area (TPSA) is 32.5 Å². The van der Waals surface area contributed by atoms with Gasteiger partial charge >= 0.3 is 0 Å². The molecule has 112 valence electrons. The van der Waals surface area contributed by atoms with Crippen LogP contribution in [-0.2, 0) is 0 Å². The third kappa shape index (κ3) is 3.50. The number of nitrogens with two attached hydrogens (primary N) is 1. The Kier molecular flexibility index (Phi) is 5.38. The first-order valence-electron chi connectivity index (χ1n) is 7.12. The van der Waals surface area contributed by atoms with Crippen molar-refractivity contribution in [2.75, 3.05) is 33.2 Å². The van der Waals surface area contributed by atoms with Crippen LogP contribution in [0.2, 0.25) is 5.02 Å². The molecule has 1 fully saturated rings. The Bertz CT molecular complexity index is 455. The van der Waals surface area contributed by atoms with E-state index >= 15 is 0 Å². The van der Waals surface area contributed by atoms with Crippen molar-refractivity contribution in [2.24, 2.45) is 5.73 Å². The minimum absolute atomic E-state index is 0.0459. The molecule has 0 amide bonds. The van der Waals surface area contributed by atoms with Gasteiger partial charge in [0.2, 0.25) is 0 Å². The first kappa shape index (κ1) is 15.7. The number of nitrogens with zero attached hydrogens (tertiary/aromatic N) is 2. The van der Waals surface area contributed by atoms with Crippen LogP contribution < -0.4 is 5.73 Å². The van der Waals surface area contributed by atoms with Gasteiger partial charge in [-0.3, -0.25) is 4.90 Å². The van der Waals surface area contributed by atoms with Gasteiger partial charge in [0.25, 0.3) is 0 Å². The van der Waals surface area contributed by atoms with Crippen LogP contribution in [0.5, 0.6) is 0 Å². The van der Waals surface area contributed by atoms with Gasteiger partial charge in [-0.15, -0.1) is 0 Å². The van der Waals surface area contributed by atoms with Gasteiger partial charge in [0.05, 0.1) is 0 Å². The average Bonchev–Trinajstić information content (AvgIpc) is 2.54. The molecule has 1 aromatic rings. The van der Waals surface area contributed by atoms with E-state index in [2.05, 4.69) is 23.8 Å². The summed E-state index contributed by atoms with van der Waals surface area (Å²) >= 11 is 6.21. The zero-order valence-electron chi connectivity index (χ0n) is 12.1. The summed E-state index contributed by atoms with van der Waals surface area (Å²) in [5.74, 6) is -0.307. The summed E-state index contributed by atoms with van der Waals surface area (Å²) in [6.07, 6.45) is 1.11. The second-order valence-electron chi connectivity index (χ2n) is 5.62. The molecule has 2 N–H and O–H groups in total. The Morgan fingerprint density at radius 2 is 2.20 bits per heavy atom. The number of benzene rings is 1. The number of hydrogen-bond acceptors (Lipinski definition) is 3. The van der Waals surface area contributed by atoms with Crippen molar-refractivity contribution in [3.63, 3.8) is 0 Å². The Morgan fingerprint density at radius 3 is 2.85 bits per heavy atom. The second-order valence-corrected chi connectivity index (χ2v) is 6.03. The van der Waals surface area contributed by atoms with Crippen molar-refractivity contribution in [1.82, 2.24) is 9.80 Å². The molecule has 0 saturated carbocycles. The van der Waals surface area contributed by atoms with Gasteiger partial charge in [0.1, 0.15) is 5.82 Å². The van der Waals surface area contributed by atoms with E-state index in [-0.39, 0.29) is 11.9 Å². The molecule has 3 nitrogen and oxygen atoms in total. The third-order valence-electron chi connectivity index (χ3n) is 4.04. The second kappa shape index (κ2) is 6.85. The largest absolute Gasteiger partial charge is 0.329 e. The van der Waals surface area contributed by atoms with E-state index in [9.17, 15) is 4.39 Å². The Balaban J connectivity index is 2.26. The van der Waals surface area contributed by atoms with Crippen molar-refractivity contribution in [1.29, 1.82) is 0 Å². The predicted molar refractivity (Wildman–Crippen MR) is 81.5 cm³/mol. The molecule has 1 aliphatic rings. The number of rotatable bonds is 3. The van der Waals surface area contributed by atoms with Gasteiger partial charge in [-0.05, 0) is 44.6 Å². The molecule has 20 heavy (non-hydrogen) atoms. The van der Waals surface area contributed by atoms with E-state index in [1.54, 1.807) is 6.07 Å². The first-order valence-corrected chi connectivity index (χ1v) is 7.50. The van der Waals surface area contributed by atoms with Crippen LogP contribution in [0, 0.1) is 5.82 Å². The molecule has 1 aromatic carbocycles. The highest BCUT2D eigenvalue weighted by atomic mass is 35.5. The molecular formula is C15H23ClFN3. The van der Waals surface area contributed by atoms with Gasteiger partial charge < -0.3 is 10.6 Å². The molecular weight excluding hydrogens is 277 g/mol. The lowest BCUT2D eigenvalue weighted by molar-refractivity contribution is 0.146. The lowest BCUT2D eigenvalue weighted by Gasteiger charge is -2.35. The summed E-state index contributed by atoms with van der Waals surface area (Å²) in [7, 11) is 2.14. The standard InChI is InChI=1S/C15H23ClFN3/c1-11-10-19(2)6-3-7-20(11)15(9-18)13-5-4-12(17)8-14(13)16/h4-5,8,11,15H,3,6-7,9-10,18H2,1-2H3. The minimum atomic E-state index is -0.307. The third-order valence-corrected chi connectivity index (χ3v) is 4.37. The van der Waals surface area contributed by atoms with Gasteiger partial charge in [-0.2, -0.15) is 0 Å². The first-order chi connectivity index (χ1) is 9.52. The van der Waals surface area contributed by atoms with Crippen molar-refractivity contribution in [3.8, 4) is 0 Å². The zero-order valence-corrected chi connectivity index (χ0v) is 12.9. The molecule has 0 aliphatic carbocycles. The Hall–Kier alpha value is -0.680. The van der Waals surface area contributed by atoms with Gasteiger partial charge in [0.15, 0.2) is 0 Å². The van der Waals surface area contributed by atoms with Crippen LogP contribution in [0.3, 0.4) is 0 Å². The monoisotopic (exact) mass is 299 g/mol. The highest BCUT2D eigenvalue weighted by Gasteiger charge is 2.28. The predicted octanol–water partition coefficient (Wildman–Crippen LogP) is 2.50. The summed E-state index contributed by atoms with van der Waals surface area (Å²) in [4.78, 5) is 4.73. The summed E-state index contributed by atoms with van der Waals surface area (Å²) in [6, 6.07) is 5.03. The van der Waals surface area contributed by atoms with E-state index in [4.69, 9.17) is 17.3 Å². The quantitative estimate of drug-likeness (QED) is 0.931. The number of halogens is 2. The van der Waals surface area contributed by atoms with Crippen LogP contribution in [-0.4, -0.2) is 49.1 Å². The van der Waals surface area contributed by atoms with E-state index in [1.807, 2.05) is 0 Å². The fraction of sp³-hybridized carbons (Fsp3) is 0.600. The lowest BCUT2D eigenvalue weighted by atomic mass is 10.0. The molecule has 2 unspecified atom stereocenters. The van der Waals surface area contributed by atoms with Crippen molar-refractivity contribution < 1.29 is 4.39 Å². The average molecular weight is 300 g/mol. The van der Waals surface area contributed by atoms with Crippen molar-refractivity contribution >= 4 is 11.6 Å². The van der Waals surface area contributed by atoms with Crippen LogP contribution in [0.1, 0.15) is 24.9 Å². The highest BCUT2D eigenvalue weighted by Crippen LogP contribution is 2.30. The number of hydrogen-bond donors (Lipinski definition) is 1. The molecule has 2 rings (SSSR count). The van der Waals surface area contributed by atoms with Crippen LogP contribution in [0.15, 0.2) is 18.2 Å². The highest BCUT2D eigenvalue weighted by molar-refractivity contribution is 6.31. The molecule has 1 aliphatic heterocycles. The summed E-state index contributed by atoms with van der Waals surface area (Å²) in [6.45, 7) is 5.78. The molecule has 0 bridgehead atoms. The van der Waals surface area contributed by atoms with Crippen LogP contribution in [0.25, 0.3) is 0 Å². The van der Waals surface area contributed by atoms with E-state index in [1.165, 1.54) is 12.1 Å². The molecule has 1 saturated heterocycles. The van der Waals surface area contributed by atoms with Gasteiger partial charge in [-0.1, -0.05) is 17.7 Å². The lowest BCUT2D eigenvalue weighted by Crippen LogP contribution is -2.43. The summed E-state index contributed by atoms with van der Waals surface area (Å²) < 4.78 is 13.2. The van der Waals surface area contributed by atoms with Crippen LogP contribution in [0.4, 0.5) is 4.39 Å². The van der Waals surface area contributed by atoms with Gasteiger partial charge in [-0.25, -0.2) is 4.39 Å². The summed E-state index contributed by atoms with van der Waals surface area (Å²) in [5.41, 5.74) is 6.91. The zero-order chi connectivity index (χ0) is 14.7. The molecule has 2 atom stereocenters. The molecule has 0 radical (unpaired) electrons. The maximum absolute atomic E-state index is 13.2. The van der Waals surface area contributed by atoms with E-state index < -0.39 is 0 Å². The fourth-order valence-electron chi connectivity index (χ4n) is 3.07. The van der Waals surface area contributed by atoms with Gasteiger partial charge in [0, 0.05) is 36.7 Å². The molecule has 5 heteroatoms. The molecule has 1 heterocycles. The maximum atomic E-state index is 13.2. The molecule has 0 aromatic heterocycles.